The van der Waals surface area contributed by atoms with Crippen LogP contribution in [0.2, 0.25) is 0 Å². The molecule has 0 bridgehead atoms. The first-order valence-electron chi connectivity index (χ1n) is 10.4. The van der Waals surface area contributed by atoms with Crippen molar-refractivity contribution < 1.29 is 14.4 Å². The molecule has 29 heavy (non-hydrogen) atoms. The predicted octanol–water partition coefficient (Wildman–Crippen LogP) is 4.43. The number of benzene rings is 2. The lowest BCUT2D eigenvalue weighted by atomic mass is 9.76. The van der Waals surface area contributed by atoms with Gasteiger partial charge in [-0.05, 0) is 55.4 Å². The van der Waals surface area contributed by atoms with Crippen LogP contribution in [0, 0.1) is 17.8 Å². The molecular formula is C24H26N2O3. The highest BCUT2D eigenvalue weighted by molar-refractivity contribution is 6.24. The van der Waals surface area contributed by atoms with Crippen LogP contribution in [-0.4, -0.2) is 17.7 Å². The van der Waals surface area contributed by atoms with E-state index < -0.39 is 0 Å². The molecule has 3 atom stereocenters. The molecule has 1 heterocycles. The summed E-state index contributed by atoms with van der Waals surface area (Å²) in [6.07, 6.45) is 3.24. The van der Waals surface area contributed by atoms with E-state index >= 15 is 0 Å². The maximum atomic E-state index is 13.1. The smallest absolute Gasteiger partial charge is 0.257 e. The zero-order valence-electron chi connectivity index (χ0n) is 16.9. The number of fused-ring (bicyclic) bond motifs is 1. The van der Waals surface area contributed by atoms with E-state index in [1.807, 2.05) is 31.2 Å². The van der Waals surface area contributed by atoms with Crippen molar-refractivity contribution in [2.75, 3.05) is 10.2 Å². The van der Waals surface area contributed by atoms with Crippen molar-refractivity contribution in [2.45, 2.75) is 39.5 Å². The van der Waals surface area contributed by atoms with Gasteiger partial charge in [-0.15, -0.1) is 0 Å². The lowest BCUT2D eigenvalue weighted by Gasteiger charge is -2.25. The Balaban J connectivity index is 1.66. The van der Waals surface area contributed by atoms with Gasteiger partial charge in [-0.1, -0.05) is 44.2 Å². The molecular weight excluding hydrogens is 364 g/mol. The minimum Gasteiger partial charge on any atom is -0.322 e. The molecule has 2 fully saturated rings. The first-order valence-corrected chi connectivity index (χ1v) is 10.4. The van der Waals surface area contributed by atoms with Gasteiger partial charge in [-0.3, -0.25) is 14.4 Å². The highest BCUT2D eigenvalue weighted by Crippen LogP contribution is 2.42. The zero-order chi connectivity index (χ0) is 20.5. The van der Waals surface area contributed by atoms with Gasteiger partial charge in [-0.2, -0.15) is 0 Å². The Bertz CT molecular complexity index is 968. The predicted molar refractivity (Wildman–Crippen MR) is 113 cm³/mol. The second kappa shape index (κ2) is 7.82. The summed E-state index contributed by atoms with van der Waals surface area (Å²) >= 11 is 0. The third-order valence-corrected chi connectivity index (χ3v) is 6.22. The molecule has 1 N–H and O–H groups in total. The highest BCUT2D eigenvalue weighted by Gasteiger charge is 2.50. The van der Waals surface area contributed by atoms with Gasteiger partial charge in [0.15, 0.2) is 0 Å². The van der Waals surface area contributed by atoms with Crippen molar-refractivity contribution in [3.63, 3.8) is 0 Å². The molecule has 150 valence electrons. The molecule has 2 aromatic rings. The van der Waals surface area contributed by atoms with Gasteiger partial charge in [0.2, 0.25) is 11.8 Å². The van der Waals surface area contributed by atoms with E-state index in [1.54, 1.807) is 24.3 Å². The lowest BCUT2D eigenvalue weighted by molar-refractivity contribution is -0.122. The van der Waals surface area contributed by atoms with Gasteiger partial charge in [0.1, 0.15) is 0 Å². The molecule has 2 aromatic carbocycles. The summed E-state index contributed by atoms with van der Waals surface area (Å²) in [4.78, 5) is 40.5. The number of carbonyl (C=O) groups is 3. The number of rotatable bonds is 4. The maximum Gasteiger partial charge on any atom is 0.257 e. The van der Waals surface area contributed by atoms with E-state index in [2.05, 4.69) is 12.2 Å². The fourth-order valence-corrected chi connectivity index (χ4v) is 4.63. The van der Waals surface area contributed by atoms with Crippen molar-refractivity contribution >= 4 is 29.1 Å². The highest BCUT2D eigenvalue weighted by atomic mass is 16.2. The van der Waals surface area contributed by atoms with Gasteiger partial charge in [0.05, 0.1) is 23.1 Å². The van der Waals surface area contributed by atoms with Gasteiger partial charge in [-0.25, -0.2) is 4.90 Å². The molecule has 1 saturated carbocycles. The lowest BCUT2D eigenvalue weighted by Crippen LogP contribution is -2.33. The minimum atomic E-state index is -0.315. The van der Waals surface area contributed by atoms with E-state index in [9.17, 15) is 14.4 Å². The van der Waals surface area contributed by atoms with Crippen LogP contribution in [0.4, 0.5) is 11.4 Å². The summed E-state index contributed by atoms with van der Waals surface area (Å²) in [5.74, 6) is -0.719. The van der Waals surface area contributed by atoms with Gasteiger partial charge in [0.25, 0.3) is 5.91 Å². The van der Waals surface area contributed by atoms with Gasteiger partial charge >= 0.3 is 0 Å². The summed E-state index contributed by atoms with van der Waals surface area (Å²) < 4.78 is 0. The Morgan fingerprint density at radius 1 is 1.00 bits per heavy atom. The van der Waals surface area contributed by atoms with E-state index in [-0.39, 0.29) is 29.6 Å². The van der Waals surface area contributed by atoms with Crippen LogP contribution in [0.15, 0.2) is 48.5 Å². The fraction of sp³-hybridized carbons (Fsp3) is 0.375. The molecule has 2 aliphatic rings. The van der Waals surface area contributed by atoms with Gasteiger partial charge < -0.3 is 5.32 Å². The average molecular weight is 390 g/mol. The Morgan fingerprint density at radius 3 is 2.48 bits per heavy atom. The second-order valence-electron chi connectivity index (χ2n) is 8.13. The topological polar surface area (TPSA) is 66.5 Å². The van der Waals surface area contributed by atoms with Crippen LogP contribution in [-0.2, 0) is 16.0 Å². The number of hydrogen-bond donors (Lipinski definition) is 1. The zero-order valence-corrected chi connectivity index (χ0v) is 16.9. The molecule has 1 saturated heterocycles. The normalized spacial score (nSPS) is 23.8. The number of nitrogens with one attached hydrogen (secondary N) is 1. The molecule has 0 spiro atoms. The van der Waals surface area contributed by atoms with Crippen LogP contribution in [0.25, 0.3) is 0 Å². The molecule has 0 aromatic heterocycles. The molecule has 5 nitrogen and oxygen atoms in total. The molecule has 4 rings (SSSR count). The van der Waals surface area contributed by atoms with E-state index in [0.29, 0.717) is 17.2 Å². The SMILES string of the molecule is CCc1ccccc1NC(=O)c1ccccc1N1C(=O)[C@H]2C[C@H](C)CC[C@H]2C1=O. The molecule has 0 unspecified atom stereocenters. The number of carbonyl (C=O) groups excluding carboxylic acids is 3. The van der Waals surface area contributed by atoms with Crippen LogP contribution in [0.1, 0.15) is 49.0 Å². The summed E-state index contributed by atoms with van der Waals surface area (Å²) in [6, 6.07) is 14.5. The van der Waals surface area contributed by atoms with Crippen molar-refractivity contribution in [1.29, 1.82) is 0 Å². The van der Waals surface area contributed by atoms with Crippen LogP contribution in [0.3, 0.4) is 0 Å². The summed E-state index contributed by atoms with van der Waals surface area (Å²) in [5.41, 5.74) is 2.51. The quantitative estimate of drug-likeness (QED) is 0.786. The summed E-state index contributed by atoms with van der Waals surface area (Å²) in [7, 11) is 0. The summed E-state index contributed by atoms with van der Waals surface area (Å²) in [5, 5.41) is 2.95. The fourth-order valence-electron chi connectivity index (χ4n) is 4.63. The van der Waals surface area contributed by atoms with Gasteiger partial charge in [0, 0.05) is 5.69 Å². The van der Waals surface area contributed by atoms with Crippen LogP contribution < -0.4 is 10.2 Å². The monoisotopic (exact) mass is 390 g/mol. The number of hydrogen-bond acceptors (Lipinski definition) is 3. The molecule has 5 heteroatoms. The van der Waals surface area contributed by atoms with Crippen molar-refractivity contribution in [3.8, 4) is 0 Å². The molecule has 1 aliphatic carbocycles. The number of nitrogens with zero attached hydrogens (tertiary/aromatic N) is 1. The maximum absolute atomic E-state index is 13.1. The molecule has 1 aliphatic heterocycles. The minimum absolute atomic E-state index is 0.166. The van der Waals surface area contributed by atoms with Crippen molar-refractivity contribution in [3.05, 3.63) is 59.7 Å². The third kappa shape index (κ3) is 3.46. The largest absolute Gasteiger partial charge is 0.322 e. The average Bonchev–Trinajstić information content (AvgIpc) is 2.98. The van der Waals surface area contributed by atoms with Crippen molar-refractivity contribution in [2.24, 2.45) is 17.8 Å². The second-order valence-corrected chi connectivity index (χ2v) is 8.13. The van der Waals surface area contributed by atoms with Crippen LogP contribution in [0.5, 0.6) is 0 Å². The Labute approximate surface area is 171 Å². The number of imide groups is 1. The van der Waals surface area contributed by atoms with Crippen LogP contribution >= 0.6 is 0 Å². The molecule has 0 radical (unpaired) electrons. The molecule has 3 amide bonds. The Morgan fingerprint density at radius 2 is 1.69 bits per heavy atom. The standard InChI is InChI=1S/C24H26N2O3/c1-3-16-8-4-6-10-20(16)25-22(27)18-9-5-7-11-21(18)26-23(28)17-13-12-15(2)14-19(17)24(26)29/h4-11,15,17,19H,3,12-14H2,1-2H3,(H,25,27)/t15-,17-,19+/m1/s1. The Hall–Kier alpha value is -2.95. The third-order valence-electron chi connectivity index (χ3n) is 6.22. The van der Waals surface area contributed by atoms with Crippen molar-refractivity contribution in [1.82, 2.24) is 0 Å². The number of para-hydroxylation sites is 2. The van der Waals surface area contributed by atoms with E-state index in [0.717, 1.165) is 36.9 Å². The van der Waals surface area contributed by atoms with E-state index in [4.69, 9.17) is 0 Å². The first kappa shape index (κ1) is 19.4. The number of amides is 3. The summed E-state index contributed by atoms with van der Waals surface area (Å²) in [6.45, 7) is 4.16. The number of aryl methyl sites for hydroxylation is 1. The Kier molecular flexibility index (Phi) is 5.22. The van der Waals surface area contributed by atoms with E-state index in [1.165, 1.54) is 4.90 Å². The number of anilines is 2. The first-order chi connectivity index (χ1) is 14.0.